The van der Waals surface area contributed by atoms with Crippen LogP contribution in [0.3, 0.4) is 0 Å². The molecule has 5 nitrogen and oxygen atoms in total. The molecule has 1 aromatic heterocycles. The van der Waals surface area contributed by atoms with Gasteiger partial charge in [0, 0.05) is 18.8 Å². The first-order valence-electron chi connectivity index (χ1n) is 8.90. The smallest absolute Gasteiger partial charge is 0.250 e. The molecule has 0 unspecified atom stereocenters. The first kappa shape index (κ1) is 18.6. The van der Waals surface area contributed by atoms with E-state index in [4.69, 9.17) is 10.5 Å². The van der Waals surface area contributed by atoms with Crippen molar-refractivity contribution in [1.29, 1.82) is 0 Å². The van der Waals surface area contributed by atoms with Crippen LogP contribution < -0.4 is 15.8 Å². The topological polar surface area (TPSA) is 77.2 Å². The number of carbonyl (C=O) groups excluding carboxylic acids is 1. The molecule has 1 heterocycles. The Balaban J connectivity index is 1.47. The Morgan fingerprint density at radius 1 is 1.07 bits per heavy atom. The van der Waals surface area contributed by atoms with E-state index >= 15 is 0 Å². The van der Waals surface area contributed by atoms with Crippen LogP contribution in [-0.4, -0.2) is 17.4 Å². The van der Waals surface area contributed by atoms with Crippen molar-refractivity contribution in [3.63, 3.8) is 0 Å². The molecule has 3 rings (SSSR count). The van der Waals surface area contributed by atoms with Crippen LogP contribution in [0.25, 0.3) is 0 Å². The minimum Gasteiger partial charge on any atom is -0.439 e. The lowest BCUT2D eigenvalue weighted by Crippen LogP contribution is -2.17. The van der Waals surface area contributed by atoms with Gasteiger partial charge in [0.05, 0.1) is 5.56 Å². The number of rotatable bonds is 8. The molecule has 0 atom stereocenters. The molecule has 0 bridgehead atoms. The zero-order valence-corrected chi connectivity index (χ0v) is 15.3. The minimum absolute atomic E-state index is 0.357. The van der Waals surface area contributed by atoms with Gasteiger partial charge in [-0.3, -0.25) is 4.79 Å². The number of hydrogen-bond acceptors (Lipinski definition) is 4. The predicted molar refractivity (Wildman–Crippen MR) is 106 cm³/mol. The van der Waals surface area contributed by atoms with Crippen LogP contribution in [0.5, 0.6) is 11.6 Å². The summed E-state index contributed by atoms with van der Waals surface area (Å²) in [5, 5.41) is 3.48. The molecule has 0 radical (unpaired) electrons. The van der Waals surface area contributed by atoms with Crippen LogP contribution in [0, 0.1) is 6.92 Å². The van der Waals surface area contributed by atoms with Crippen molar-refractivity contribution in [2.75, 3.05) is 6.54 Å². The Morgan fingerprint density at radius 3 is 2.52 bits per heavy atom. The summed E-state index contributed by atoms with van der Waals surface area (Å²) in [6.45, 7) is 3.91. The molecule has 138 valence electrons. The zero-order chi connectivity index (χ0) is 19.1. The molecule has 3 aromatic rings. The minimum atomic E-state index is -0.505. The Bertz CT molecular complexity index is 890. The number of pyridine rings is 1. The van der Waals surface area contributed by atoms with Crippen LogP contribution in [-0.2, 0) is 13.0 Å². The van der Waals surface area contributed by atoms with Crippen molar-refractivity contribution < 1.29 is 9.53 Å². The normalized spacial score (nSPS) is 10.6. The number of benzene rings is 2. The molecule has 0 spiro atoms. The molecule has 3 N–H and O–H groups in total. The van der Waals surface area contributed by atoms with E-state index in [2.05, 4.69) is 41.5 Å². The third-order valence-electron chi connectivity index (χ3n) is 4.33. The van der Waals surface area contributed by atoms with E-state index < -0.39 is 5.91 Å². The fourth-order valence-electron chi connectivity index (χ4n) is 2.70. The van der Waals surface area contributed by atoms with E-state index in [0.29, 0.717) is 17.2 Å². The monoisotopic (exact) mass is 361 g/mol. The SMILES string of the molecule is Cc1ccccc1CNCCc1ccc(Oc2ccc(C(N)=O)cn2)cc1. The first-order chi connectivity index (χ1) is 13.1. The number of amides is 1. The standard InChI is InChI=1S/C22H23N3O2/c1-16-4-2-3-5-18(16)14-24-13-12-17-6-9-20(10-7-17)27-21-11-8-19(15-25-21)22(23)26/h2-11,15,24H,12-14H2,1H3,(H2,23,26). The second-order valence-electron chi connectivity index (χ2n) is 6.35. The Kier molecular flexibility index (Phi) is 6.18. The van der Waals surface area contributed by atoms with Crippen LogP contribution in [0.15, 0.2) is 66.9 Å². The average Bonchev–Trinajstić information content (AvgIpc) is 2.68. The molecule has 0 saturated carbocycles. The van der Waals surface area contributed by atoms with Crippen molar-refractivity contribution in [3.05, 3.63) is 89.1 Å². The van der Waals surface area contributed by atoms with Crippen LogP contribution in [0.2, 0.25) is 0 Å². The van der Waals surface area contributed by atoms with Crippen molar-refractivity contribution in [2.45, 2.75) is 19.9 Å². The second-order valence-corrected chi connectivity index (χ2v) is 6.35. The van der Waals surface area contributed by atoms with E-state index in [0.717, 1.165) is 19.5 Å². The highest BCUT2D eigenvalue weighted by Gasteiger charge is 2.03. The molecular formula is C22H23N3O2. The van der Waals surface area contributed by atoms with Gasteiger partial charge in [0.25, 0.3) is 0 Å². The molecule has 0 aliphatic carbocycles. The lowest BCUT2D eigenvalue weighted by atomic mass is 10.1. The molecular weight excluding hydrogens is 338 g/mol. The van der Waals surface area contributed by atoms with Crippen molar-refractivity contribution in [3.8, 4) is 11.6 Å². The fraction of sp³-hybridized carbons (Fsp3) is 0.182. The predicted octanol–water partition coefficient (Wildman–Crippen LogP) is 3.61. The number of nitrogens with zero attached hydrogens (tertiary/aromatic N) is 1. The van der Waals surface area contributed by atoms with Gasteiger partial charge in [0.15, 0.2) is 0 Å². The van der Waals surface area contributed by atoms with E-state index in [1.807, 2.05) is 24.3 Å². The third-order valence-corrected chi connectivity index (χ3v) is 4.33. The lowest BCUT2D eigenvalue weighted by Gasteiger charge is -2.09. The zero-order valence-electron chi connectivity index (χ0n) is 15.3. The molecule has 2 aromatic carbocycles. The molecule has 0 saturated heterocycles. The summed E-state index contributed by atoms with van der Waals surface area (Å²) in [6.07, 6.45) is 2.35. The van der Waals surface area contributed by atoms with Gasteiger partial charge < -0.3 is 15.8 Å². The number of hydrogen-bond donors (Lipinski definition) is 2. The van der Waals surface area contributed by atoms with E-state index in [9.17, 15) is 4.79 Å². The highest BCUT2D eigenvalue weighted by atomic mass is 16.5. The number of carbonyl (C=O) groups is 1. The third kappa shape index (κ3) is 5.39. The van der Waals surface area contributed by atoms with E-state index in [1.54, 1.807) is 12.1 Å². The maximum absolute atomic E-state index is 11.0. The van der Waals surface area contributed by atoms with Crippen molar-refractivity contribution in [1.82, 2.24) is 10.3 Å². The summed E-state index contributed by atoms with van der Waals surface area (Å²) in [7, 11) is 0. The van der Waals surface area contributed by atoms with Gasteiger partial charge in [-0.2, -0.15) is 0 Å². The number of nitrogens with one attached hydrogen (secondary N) is 1. The molecule has 0 fully saturated rings. The number of aromatic nitrogens is 1. The highest BCUT2D eigenvalue weighted by molar-refractivity contribution is 5.92. The maximum atomic E-state index is 11.0. The molecule has 0 aliphatic rings. The lowest BCUT2D eigenvalue weighted by molar-refractivity contribution is 0.1000. The van der Waals surface area contributed by atoms with E-state index in [-0.39, 0.29) is 0 Å². The Hall–Kier alpha value is -3.18. The summed E-state index contributed by atoms with van der Waals surface area (Å²) in [4.78, 5) is 15.1. The van der Waals surface area contributed by atoms with E-state index in [1.165, 1.54) is 22.9 Å². The quantitative estimate of drug-likeness (QED) is 0.601. The van der Waals surface area contributed by atoms with Crippen molar-refractivity contribution >= 4 is 5.91 Å². The summed E-state index contributed by atoms with van der Waals surface area (Å²) in [6, 6.07) is 19.6. The molecule has 5 heteroatoms. The maximum Gasteiger partial charge on any atom is 0.250 e. The largest absolute Gasteiger partial charge is 0.439 e. The summed E-state index contributed by atoms with van der Waals surface area (Å²) < 4.78 is 5.69. The van der Waals surface area contributed by atoms with Gasteiger partial charge >= 0.3 is 0 Å². The van der Waals surface area contributed by atoms with Gasteiger partial charge in [-0.25, -0.2) is 4.98 Å². The Morgan fingerprint density at radius 2 is 1.85 bits per heavy atom. The van der Waals surface area contributed by atoms with Gasteiger partial charge in [0.1, 0.15) is 5.75 Å². The van der Waals surface area contributed by atoms with Crippen LogP contribution in [0.4, 0.5) is 0 Å². The summed E-state index contributed by atoms with van der Waals surface area (Å²) in [5.41, 5.74) is 9.43. The number of aryl methyl sites for hydroxylation is 1. The van der Waals surface area contributed by atoms with Crippen LogP contribution >= 0.6 is 0 Å². The first-order valence-corrected chi connectivity index (χ1v) is 8.90. The van der Waals surface area contributed by atoms with Crippen molar-refractivity contribution in [2.24, 2.45) is 5.73 Å². The number of primary amides is 1. The van der Waals surface area contributed by atoms with Gasteiger partial charge in [0.2, 0.25) is 11.8 Å². The molecule has 27 heavy (non-hydrogen) atoms. The summed E-state index contributed by atoms with van der Waals surface area (Å²) >= 11 is 0. The summed E-state index contributed by atoms with van der Waals surface area (Å²) in [5.74, 6) is 0.619. The Labute approximate surface area is 159 Å². The van der Waals surface area contributed by atoms with Crippen LogP contribution in [0.1, 0.15) is 27.0 Å². The number of ether oxygens (including phenoxy) is 1. The highest BCUT2D eigenvalue weighted by Crippen LogP contribution is 2.20. The molecule has 1 amide bonds. The van der Waals surface area contributed by atoms with Gasteiger partial charge in [-0.15, -0.1) is 0 Å². The fourth-order valence-corrected chi connectivity index (χ4v) is 2.70. The average molecular weight is 361 g/mol. The van der Waals surface area contributed by atoms with Gasteiger partial charge in [-0.05, 0) is 54.8 Å². The second kappa shape index (κ2) is 8.96. The van der Waals surface area contributed by atoms with Gasteiger partial charge in [-0.1, -0.05) is 36.4 Å². The molecule has 0 aliphatic heterocycles. The number of nitrogens with two attached hydrogens (primary N) is 1.